The molecule has 1 saturated heterocycles. The minimum absolute atomic E-state index is 0.0128. The van der Waals surface area contributed by atoms with E-state index in [1.807, 2.05) is 32.1 Å². The van der Waals surface area contributed by atoms with Crippen LogP contribution in [0.4, 0.5) is 4.39 Å². The Balaban J connectivity index is 1.21. The number of thiophene rings is 1. The number of para-hydroxylation sites is 1. The Morgan fingerprint density at radius 1 is 1.11 bits per heavy atom. The summed E-state index contributed by atoms with van der Waals surface area (Å²) in [5, 5.41) is 5.13. The molecule has 3 fully saturated rings. The number of allylic oxidation sites excluding steroid dienone is 1. The lowest BCUT2D eigenvalue weighted by Gasteiger charge is -2.29. The number of aryl methyl sites for hydroxylation is 2. The summed E-state index contributed by atoms with van der Waals surface area (Å²) in [7, 11) is -3.90. The molecule has 1 aromatic carbocycles. The first-order valence-corrected chi connectivity index (χ1v) is 20.6. The summed E-state index contributed by atoms with van der Waals surface area (Å²) < 4.78 is 48.9. The number of amides is 4. The third-order valence-electron chi connectivity index (χ3n) is 10.4. The van der Waals surface area contributed by atoms with E-state index in [0.717, 1.165) is 17.7 Å². The standard InChI is InChI=1S/C37H43FN6O7S2/c1-3-26-34(41-31-25(38)11-9-13-27(31)39-26)51-23-18-29-32(45)42-37(36(48)43-53(49,50)24-15-16-24)19-22(37)10-7-5-4-6-8-12-28(35(47)44(29)20-23)40-33(46)30-17-14-21(2)52-30/h7,9-11,13-14,17,22-24,28-29H,3-6,8,12,15-16,18-20H2,1-2H3,(H,40,46)(H,42,45)(H,43,48)/b10-7-/t22-,23-,28+,29+,37-/m1/s1. The van der Waals surface area contributed by atoms with Crippen LogP contribution in [0.1, 0.15) is 85.0 Å². The van der Waals surface area contributed by atoms with Crippen LogP contribution in [0.3, 0.4) is 0 Å². The number of hydrogen-bond donors (Lipinski definition) is 3. The van der Waals surface area contributed by atoms with Gasteiger partial charge in [-0.25, -0.2) is 22.8 Å². The van der Waals surface area contributed by atoms with Crippen molar-refractivity contribution < 1.29 is 36.7 Å². The van der Waals surface area contributed by atoms with Crippen molar-refractivity contribution in [3.63, 3.8) is 0 Å². The number of ether oxygens (including phenoxy) is 1. The smallest absolute Gasteiger partial charge is 0.262 e. The summed E-state index contributed by atoms with van der Waals surface area (Å²) in [5.41, 5.74) is -0.664. The summed E-state index contributed by atoms with van der Waals surface area (Å²) in [6.45, 7) is 3.67. The van der Waals surface area contributed by atoms with E-state index < -0.39 is 74.4 Å². The van der Waals surface area contributed by atoms with Gasteiger partial charge in [-0.05, 0) is 76.1 Å². The molecule has 0 radical (unpaired) electrons. The van der Waals surface area contributed by atoms with E-state index >= 15 is 0 Å². The minimum atomic E-state index is -3.90. The Hall–Kier alpha value is -4.44. The zero-order valence-electron chi connectivity index (χ0n) is 29.6. The predicted molar refractivity (Wildman–Crippen MR) is 195 cm³/mol. The number of carbonyl (C=O) groups excluding carboxylic acids is 4. The number of rotatable bonds is 8. The first-order valence-electron chi connectivity index (χ1n) is 18.2. The first-order chi connectivity index (χ1) is 25.4. The van der Waals surface area contributed by atoms with Crippen molar-refractivity contribution in [2.24, 2.45) is 5.92 Å². The van der Waals surface area contributed by atoms with Gasteiger partial charge < -0.3 is 20.3 Å². The van der Waals surface area contributed by atoms with Crippen LogP contribution in [0, 0.1) is 18.7 Å². The third-order valence-corrected chi connectivity index (χ3v) is 13.2. The highest BCUT2D eigenvalue weighted by Crippen LogP contribution is 2.46. The zero-order chi connectivity index (χ0) is 37.5. The fraction of sp³-hybridized carbons (Fsp3) is 0.514. The van der Waals surface area contributed by atoms with Crippen molar-refractivity contribution in [1.29, 1.82) is 0 Å². The SMILES string of the molecule is CCc1nc2cccc(F)c2nc1O[C@@H]1C[C@H]2C(=O)N[C@]3(C(=O)NS(=O)(=O)C4CC4)C[C@H]3/C=C\CCCCC[C@H](NC(=O)c3ccc(C)s3)C(=O)N2C1. The second kappa shape index (κ2) is 14.8. The molecule has 3 aromatic rings. The number of nitrogens with one attached hydrogen (secondary N) is 3. The normalized spacial score (nSPS) is 27.1. The van der Waals surface area contributed by atoms with E-state index in [1.165, 1.54) is 22.3 Å². The molecule has 0 spiro atoms. The molecule has 13 nitrogen and oxygen atoms in total. The number of hydrogen-bond acceptors (Lipinski definition) is 10. The molecule has 5 atom stereocenters. The van der Waals surface area contributed by atoms with Gasteiger partial charge in [0.05, 0.1) is 22.2 Å². The van der Waals surface area contributed by atoms with Crippen LogP contribution in [0.15, 0.2) is 42.5 Å². The minimum Gasteiger partial charge on any atom is -0.471 e. The van der Waals surface area contributed by atoms with Crippen molar-refractivity contribution in [2.45, 2.75) is 107 Å². The molecule has 4 aliphatic rings. The first kappa shape index (κ1) is 36.9. The fourth-order valence-electron chi connectivity index (χ4n) is 7.18. The van der Waals surface area contributed by atoms with Crippen molar-refractivity contribution >= 4 is 56.0 Å². The van der Waals surface area contributed by atoms with Gasteiger partial charge in [-0.1, -0.05) is 38.0 Å². The molecular weight excluding hydrogens is 724 g/mol. The lowest BCUT2D eigenvalue weighted by Crippen LogP contribution is -2.58. The zero-order valence-corrected chi connectivity index (χ0v) is 31.2. The number of benzene rings is 1. The second-order valence-corrected chi connectivity index (χ2v) is 17.6. The molecule has 0 unspecified atom stereocenters. The van der Waals surface area contributed by atoms with Crippen LogP contribution in [-0.4, -0.2) is 82.4 Å². The second-order valence-electron chi connectivity index (χ2n) is 14.4. The molecule has 2 aliphatic carbocycles. The van der Waals surface area contributed by atoms with E-state index in [9.17, 15) is 32.0 Å². The van der Waals surface area contributed by atoms with Crippen molar-refractivity contribution in [3.8, 4) is 5.88 Å². The molecule has 3 N–H and O–H groups in total. The summed E-state index contributed by atoms with van der Waals surface area (Å²) in [5.74, 6) is -3.28. The Morgan fingerprint density at radius 3 is 2.66 bits per heavy atom. The van der Waals surface area contributed by atoms with Crippen LogP contribution < -0.4 is 20.1 Å². The van der Waals surface area contributed by atoms with Crippen LogP contribution in [0.2, 0.25) is 0 Å². The van der Waals surface area contributed by atoms with Gasteiger partial charge in [0.25, 0.3) is 11.8 Å². The van der Waals surface area contributed by atoms with Crippen molar-refractivity contribution in [3.05, 3.63) is 63.7 Å². The Bertz CT molecular complexity index is 2090. The fourth-order valence-corrected chi connectivity index (χ4v) is 9.31. The number of fused-ring (bicyclic) bond motifs is 3. The van der Waals surface area contributed by atoms with Gasteiger partial charge in [0, 0.05) is 17.2 Å². The largest absolute Gasteiger partial charge is 0.471 e. The lowest BCUT2D eigenvalue weighted by molar-refractivity contribution is -0.141. The monoisotopic (exact) mass is 766 g/mol. The average Bonchev–Trinajstić information content (AvgIpc) is 4.01. The summed E-state index contributed by atoms with van der Waals surface area (Å²) in [6, 6.07) is 5.89. The Labute approximate surface area is 311 Å². The number of carbonyl (C=O) groups is 4. The molecule has 4 heterocycles. The van der Waals surface area contributed by atoms with Crippen LogP contribution in [0.5, 0.6) is 5.88 Å². The van der Waals surface area contributed by atoms with Crippen LogP contribution >= 0.6 is 11.3 Å². The van der Waals surface area contributed by atoms with E-state index in [1.54, 1.807) is 18.2 Å². The molecule has 0 bridgehead atoms. The molecule has 2 aliphatic heterocycles. The van der Waals surface area contributed by atoms with E-state index in [2.05, 4.69) is 25.3 Å². The molecule has 7 rings (SSSR count). The summed E-state index contributed by atoms with van der Waals surface area (Å²) >= 11 is 1.31. The number of halogens is 1. The van der Waals surface area contributed by atoms with E-state index in [4.69, 9.17) is 4.74 Å². The van der Waals surface area contributed by atoms with Crippen LogP contribution in [0.25, 0.3) is 11.0 Å². The van der Waals surface area contributed by atoms with E-state index in [-0.39, 0.29) is 30.8 Å². The van der Waals surface area contributed by atoms with Crippen LogP contribution in [-0.2, 0) is 30.8 Å². The average molecular weight is 767 g/mol. The van der Waals surface area contributed by atoms with Gasteiger partial charge in [-0.2, -0.15) is 0 Å². The van der Waals surface area contributed by atoms with Crippen molar-refractivity contribution in [1.82, 2.24) is 30.2 Å². The maximum Gasteiger partial charge on any atom is 0.262 e. The Kier molecular flexibility index (Phi) is 10.3. The Morgan fingerprint density at radius 2 is 1.92 bits per heavy atom. The molecule has 53 heavy (non-hydrogen) atoms. The molecular formula is C37H43FN6O7S2. The van der Waals surface area contributed by atoms with E-state index in [0.29, 0.717) is 54.6 Å². The topological polar surface area (TPSA) is 177 Å². The van der Waals surface area contributed by atoms with Crippen molar-refractivity contribution in [2.75, 3.05) is 6.54 Å². The quantitative estimate of drug-likeness (QED) is 0.288. The van der Waals surface area contributed by atoms with Gasteiger partial charge in [-0.3, -0.25) is 23.9 Å². The highest BCUT2D eigenvalue weighted by atomic mass is 32.2. The third kappa shape index (κ3) is 7.79. The summed E-state index contributed by atoms with van der Waals surface area (Å²) in [4.78, 5) is 67.7. The summed E-state index contributed by atoms with van der Waals surface area (Å²) in [6.07, 6.45) is 7.73. The molecule has 282 valence electrons. The maximum atomic E-state index is 14.8. The van der Waals surface area contributed by atoms with Gasteiger partial charge in [-0.15, -0.1) is 11.3 Å². The predicted octanol–water partition coefficient (Wildman–Crippen LogP) is 3.85. The molecule has 16 heteroatoms. The molecule has 4 amide bonds. The number of aromatic nitrogens is 2. The molecule has 2 saturated carbocycles. The van der Waals surface area contributed by atoms with Gasteiger partial charge >= 0.3 is 0 Å². The molecule has 2 aromatic heterocycles. The highest BCUT2D eigenvalue weighted by Gasteiger charge is 2.62. The van der Waals surface area contributed by atoms with Gasteiger partial charge in [0.15, 0.2) is 5.82 Å². The number of sulfonamides is 1. The maximum absolute atomic E-state index is 14.8. The van der Waals surface area contributed by atoms with Gasteiger partial charge in [0.2, 0.25) is 27.7 Å². The highest BCUT2D eigenvalue weighted by molar-refractivity contribution is 7.91. The number of nitrogens with zero attached hydrogens (tertiary/aromatic N) is 3. The van der Waals surface area contributed by atoms with Gasteiger partial charge in [0.1, 0.15) is 34.9 Å². The lowest BCUT2D eigenvalue weighted by atomic mass is 10.0.